The molecule has 3 rings (SSSR count). The third kappa shape index (κ3) is 3.43. The maximum absolute atomic E-state index is 3.70. The van der Waals surface area contributed by atoms with Crippen molar-refractivity contribution < 1.29 is 0 Å². The van der Waals surface area contributed by atoms with E-state index in [0.29, 0.717) is 0 Å². The molecule has 0 amide bonds. The van der Waals surface area contributed by atoms with Gasteiger partial charge in [-0.2, -0.15) is 0 Å². The van der Waals surface area contributed by atoms with Crippen molar-refractivity contribution in [2.75, 3.05) is 13.1 Å². The highest BCUT2D eigenvalue weighted by Gasteiger charge is 2.31. The molecule has 5 heteroatoms. The molecule has 0 radical (unpaired) electrons. The molecule has 106 valence electrons. The van der Waals surface area contributed by atoms with Gasteiger partial charge in [-0.05, 0) is 76.7 Å². The van der Waals surface area contributed by atoms with Crippen LogP contribution in [0.4, 0.5) is 0 Å². The third-order valence-corrected chi connectivity index (χ3v) is 7.52. The van der Waals surface area contributed by atoms with Crippen LogP contribution in [0.1, 0.15) is 37.0 Å². The third-order valence-electron chi connectivity index (χ3n) is 4.28. The Morgan fingerprint density at radius 2 is 2.16 bits per heavy atom. The van der Waals surface area contributed by atoms with Crippen molar-refractivity contribution in [1.82, 2.24) is 10.2 Å². The molecule has 1 N–H and O–H groups in total. The van der Waals surface area contributed by atoms with Crippen molar-refractivity contribution in [2.45, 2.75) is 50.7 Å². The predicted octanol–water partition coefficient (Wildman–Crippen LogP) is 4.38. The molecule has 2 unspecified atom stereocenters. The summed E-state index contributed by atoms with van der Waals surface area (Å²) in [7, 11) is 0. The molecular weight excluding hydrogens is 388 g/mol. The minimum Gasteiger partial charge on any atom is -0.312 e. The van der Waals surface area contributed by atoms with E-state index in [1.165, 1.54) is 58.3 Å². The quantitative estimate of drug-likeness (QED) is 0.799. The lowest BCUT2D eigenvalue weighted by molar-refractivity contribution is 0.113. The smallest absolute Gasteiger partial charge is 0.0843 e. The molecule has 0 spiro atoms. The summed E-state index contributed by atoms with van der Waals surface area (Å²) in [6.45, 7) is 3.58. The first-order valence-corrected chi connectivity index (χ1v) is 9.55. The molecule has 3 heterocycles. The highest BCUT2D eigenvalue weighted by Crippen LogP contribution is 2.34. The van der Waals surface area contributed by atoms with Gasteiger partial charge in [-0.3, -0.25) is 4.90 Å². The summed E-state index contributed by atoms with van der Waals surface area (Å²) < 4.78 is 2.41. The summed E-state index contributed by atoms with van der Waals surface area (Å²) in [5.41, 5.74) is 0. The summed E-state index contributed by atoms with van der Waals surface area (Å²) in [4.78, 5) is 4.17. The van der Waals surface area contributed by atoms with E-state index in [1.807, 2.05) is 11.3 Å². The lowest BCUT2D eigenvalue weighted by Crippen LogP contribution is -2.49. The molecule has 2 nitrogen and oxygen atoms in total. The molecule has 0 aliphatic carbocycles. The van der Waals surface area contributed by atoms with Crippen LogP contribution in [0, 0.1) is 0 Å². The lowest BCUT2D eigenvalue weighted by Gasteiger charge is -2.39. The maximum Gasteiger partial charge on any atom is 0.0843 e. The fourth-order valence-corrected chi connectivity index (χ4v) is 5.58. The normalized spacial score (nSPS) is 28.9. The zero-order valence-corrected chi connectivity index (χ0v) is 15.0. The number of nitrogens with one attached hydrogen (secondary N) is 1. The molecule has 0 saturated carbocycles. The van der Waals surface area contributed by atoms with Crippen LogP contribution in [0.15, 0.2) is 14.3 Å². The van der Waals surface area contributed by atoms with Crippen LogP contribution in [0.25, 0.3) is 0 Å². The molecular formula is C14H20Br2N2S. The highest BCUT2D eigenvalue weighted by atomic mass is 79.9. The number of rotatable bonds is 3. The standard InChI is InChI=1S/C14H20Br2N2S/c15-11-8-10(19-14(11)16)9-18-7-2-1-5-13(18)12-4-3-6-17-12/h8,12-13,17H,1-7,9H2. The van der Waals surface area contributed by atoms with Gasteiger partial charge >= 0.3 is 0 Å². The van der Waals surface area contributed by atoms with Gasteiger partial charge in [0.05, 0.1) is 3.79 Å². The number of likely N-dealkylation sites (tertiary alicyclic amines) is 1. The molecule has 2 aliphatic heterocycles. The van der Waals surface area contributed by atoms with Gasteiger partial charge in [-0.25, -0.2) is 0 Å². The zero-order valence-electron chi connectivity index (χ0n) is 11.0. The van der Waals surface area contributed by atoms with Gasteiger partial charge in [0.2, 0.25) is 0 Å². The SMILES string of the molecule is Brc1cc(CN2CCCCC2C2CCCN2)sc1Br. The molecule has 2 fully saturated rings. The zero-order chi connectivity index (χ0) is 13.2. The van der Waals surface area contributed by atoms with E-state index < -0.39 is 0 Å². The first-order chi connectivity index (χ1) is 9.24. The number of hydrogen-bond acceptors (Lipinski definition) is 3. The number of nitrogens with zero attached hydrogens (tertiary/aromatic N) is 1. The number of thiophene rings is 1. The van der Waals surface area contributed by atoms with E-state index in [0.717, 1.165) is 18.6 Å². The fraction of sp³-hybridized carbons (Fsp3) is 0.714. The van der Waals surface area contributed by atoms with Gasteiger partial charge < -0.3 is 5.32 Å². The van der Waals surface area contributed by atoms with Gasteiger partial charge in [0.15, 0.2) is 0 Å². The van der Waals surface area contributed by atoms with Crippen LogP contribution < -0.4 is 5.32 Å². The molecule has 19 heavy (non-hydrogen) atoms. The van der Waals surface area contributed by atoms with Crippen LogP contribution in [-0.4, -0.2) is 30.1 Å². The second kappa shape index (κ2) is 6.56. The van der Waals surface area contributed by atoms with Gasteiger partial charge in [-0.1, -0.05) is 6.42 Å². The van der Waals surface area contributed by atoms with Crippen LogP contribution in [-0.2, 0) is 6.54 Å². The Labute approximate surface area is 136 Å². The highest BCUT2D eigenvalue weighted by molar-refractivity contribution is 9.13. The van der Waals surface area contributed by atoms with Crippen molar-refractivity contribution in [3.63, 3.8) is 0 Å². The summed E-state index contributed by atoms with van der Waals surface area (Å²) in [5, 5.41) is 3.70. The summed E-state index contributed by atoms with van der Waals surface area (Å²) in [5.74, 6) is 0. The van der Waals surface area contributed by atoms with Gasteiger partial charge in [0, 0.05) is 28.0 Å². The molecule has 2 atom stereocenters. The van der Waals surface area contributed by atoms with Crippen molar-refractivity contribution in [1.29, 1.82) is 0 Å². The first-order valence-electron chi connectivity index (χ1n) is 7.15. The van der Waals surface area contributed by atoms with E-state index in [9.17, 15) is 0 Å². The Kier molecular flexibility index (Phi) is 5.01. The van der Waals surface area contributed by atoms with Gasteiger partial charge in [0.1, 0.15) is 0 Å². The number of hydrogen-bond donors (Lipinski definition) is 1. The largest absolute Gasteiger partial charge is 0.312 e. The molecule has 1 aromatic heterocycles. The summed E-state index contributed by atoms with van der Waals surface area (Å²) in [6, 6.07) is 3.74. The van der Waals surface area contributed by atoms with Crippen molar-refractivity contribution >= 4 is 43.2 Å². The predicted molar refractivity (Wildman–Crippen MR) is 88.8 cm³/mol. The Balaban J connectivity index is 1.69. The Morgan fingerprint density at radius 1 is 1.26 bits per heavy atom. The van der Waals surface area contributed by atoms with Crippen LogP contribution in [0.2, 0.25) is 0 Å². The van der Waals surface area contributed by atoms with Crippen LogP contribution in [0.3, 0.4) is 0 Å². The van der Waals surface area contributed by atoms with E-state index in [2.05, 4.69) is 48.1 Å². The average molecular weight is 408 g/mol. The van der Waals surface area contributed by atoms with Crippen LogP contribution >= 0.6 is 43.2 Å². The topological polar surface area (TPSA) is 15.3 Å². The van der Waals surface area contributed by atoms with E-state index in [-0.39, 0.29) is 0 Å². The Morgan fingerprint density at radius 3 is 2.84 bits per heavy atom. The monoisotopic (exact) mass is 406 g/mol. The van der Waals surface area contributed by atoms with Crippen molar-refractivity contribution in [3.05, 3.63) is 19.2 Å². The Hall–Kier alpha value is 0.580. The van der Waals surface area contributed by atoms with E-state index in [4.69, 9.17) is 0 Å². The number of piperidine rings is 1. The summed E-state index contributed by atoms with van der Waals surface area (Å²) in [6.07, 6.45) is 6.84. The maximum atomic E-state index is 3.70. The van der Waals surface area contributed by atoms with E-state index >= 15 is 0 Å². The molecule has 0 aromatic carbocycles. The second-order valence-corrected chi connectivity index (χ2v) is 8.88. The second-order valence-electron chi connectivity index (χ2n) is 5.57. The number of halogens is 2. The van der Waals surface area contributed by atoms with Gasteiger partial charge in [0.25, 0.3) is 0 Å². The molecule has 1 aromatic rings. The van der Waals surface area contributed by atoms with Crippen LogP contribution in [0.5, 0.6) is 0 Å². The van der Waals surface area contributed by atoms with Gasteiger partial charge in [-0.15, -0.1) is 11.3 Å². The summed E-state index contributed by atoms with van der Waals surface area (Å²) >= 11 is 9.06. The average Bonchev–Trinajstić information content (AvgIpc) is 3.02. The molecule has 2 saturated heterocycles. The van der Waals surface area contributed by atoms with E-state index in [1.54, 1.807) is 0 Å². The van der Waals surface area contributed by atoms with Crippen molar-refractivity contribution in [2.24, 2.45) is 0 Å². The lowest BCUT2D eigenvalue weighted by atomic mass is 9.94. The molecule has 2 aliphatic rings. The first kappa shape index (κ1) is 14.5. The minimum absolute atomic E-state index is 0.729. The molecule has 0 bridgehead atoms. The minimum atomic E-state index is 0.729. The Bertz CT molecular complexity index is 410. The fourth-order valence-electron chi connectivity index (χ4n) is 3.38. The van der Waals surface area contributed by atoms with Crippen molar-refractivity contribution in [3.8, 4) is 0 Å².